The van der Waals surface area contributed by atoms with Gasteiger partial charge >= 0.3 is 25.6 Å². The summed E-state index contributed by atoms with van der Waals surface area (Å²) in [6.45, 7) is 18.0. The summed E-state index contributed by atoms with van der Waals surface area (Å²) in [4.78, 5) is 145. The molecule has 0 spiro atoms. The molecule has 2 aliphatic heterocycles. The summed E-state index contributed by atoms with van der Waals surface area (Å²) in [6, 6.07) is 12.0. The number of imide groups is 1. The van der Waals surface area contributed by atoms with E-state index in [2.05, 4.69) is 64.9 Å². The summed E-state index contributed by atoms with van der Waals surface area (Å²) in [7, 11) is 2.13. The molecule has 4 aromatic heterocycles. The number of carboxylic acid groups (broad SMARTS) is 2. The fraction of sp³-hybridized carbons (Fsp3) is 0.554. The van der Waals surface area contributed by atoms with Crippen molar-refractivity contribution in [2.75, 3.05) is 102 Å². The summed E-state index contributed by atoms with van der Waals surface area (Å²) >= 11 is 1.53. The molecule has 642 valence electrons. The summed E-state index contributed by atoms with van der Waals surface area (Å²) in [5.74, 6) is -5.56. The molecule has 36 heteroatoms. The number of likely N-dealkylation sites (N-methyl/N-ethyl adjacent to an activating group) is 1. The lowest BCUT2D eigenvalue weighted by molar-refractivity contribution is -0.904. The van der Waals surface area contributed by atoms with Crippen LogP contribution < -0.4 is 42.5 Å². The number of aromatic nitrogens is 6. The van der Waals surface area contributed by atoms with Gasteiger partial charge in [-0.05, 0) is 162 Å². The van der Waals surface area contributed by atoms with Crippen LogP contribution in [0.3, 0.4) is 0 Å². The van der Waals surface area contributed by atoms with E-state index in [0.29, 0.717) is 76.5 Å². The number of fused-ring (bicyclic) bond motifs is 2. The predicted molar refractivity (Wildman–Crippen MR) is 445 cm³/mol. The van der Waals surface area contributed by atoms with Crippen molar-refractivity contribution in [2.45, 2.75) is 189 Å². The number of urea groups is 1. The van der Waals surface area contributed by atoms with Crippen LogP contribution in [0, 0.1) is 36.0 Å². The molecule has 6 aliphatic rings. The quantitative estimate of drug-likeness (QED) is 0.00745. The third-order valence-corrected chi connectivity index (χ3v) is 26.1. The Morgan fingerprint density at radius 3 is 2.19 bits per heavy atom. The van der Waals surface area contributed by atoms with Crippen LogP contribution in [0.2, 0.25) is 0 Å². The number of quaternary nitrogens is 1. The minimum absolute atomic E-state index is 0.000935. The molecule has 4 aliphatic carbocycles. The number of benzene rings is 2. The number of carbonyl (C=O) groups excluding carboxylic acids is 8. The van der Waals surface area contributed by atoms with Gasteiger partial charge in [0.2, 0.25) is 29.5 Å². The van der Waals surface area contributed by atoms with E-state index in [-0.39, 0.29) is 112 Å². The average molecular weight is 1680 g/mol. The third-order valence-electron chi connectivity index (χ3n) is 23.0. The van der Waals surface area contributed by atoms with Crippen molar-refractivity contribution < 1.29 is 85.7 Å². The van der Waals surface area contributed by atoms with Crippen molar-refractivity contribution in [3.8, 4) is 11.1 Å². The van der Waals surface area contributed by atoms with E-state index in [9.17, 15) is 62.7 Å². The number of para-hydroxylation sites is 1. The van der Waals surface area contributed by atoms with E-state index in [1.54, 1.807) is 46.0 Å². The molecule has 9 amide bonds. The van der Waals surface area contributed by atoms with Gasteiger partial charge in [0.1, 0.15) is 37.0 Å². The van der Waals surface area contributed by atoms with Crippen molar-refractivity contribution in [1.29, 1.82) is 0 Å². The van der Waals surface area contributed by atoms with E-state index in [4.69, 9.17) is 44.4 Å². The smallest absolute Gasteiger partial charge is 0.355 e. The molecule has 0 saturated heterocycles. The fourth-order valence-electron chi connectivity index (χ4n) is 18.6. The molecule has 2 unspecified atom stereocenters. The van der Waals surface area contributed by atoms with Crippen LogP contribution in [0.5, 0.6) is 0 Å². The van der Waals surface area contributed by atoms with Crippen LogP contribution >= 0.6 is 18.9 Å². The van der Waals surface area contributed by atoms with E-state index in [0.717, 1.165) is 101 Å². The average Bonchev–Trinajstić information content (AvgIpc) is 0.894. The number of aliphatic carboxylic acids is 1. The number of nitrogens with zero attached hydrogens (tertiary/aromatic N) is 10. The SMILES string of the molecule is CCOP(=O)(CCCC(=O)N[C@@H](CC(=O)N(C)Cc1cc(NC(=O)[C@H](CCCNC(N)=O)NC(=O)[C@@H](NC(=O)CCOCCN2C(=O)C=CC2=O)C(C)C)ccc1C[N+](C)(C)CCOC12CC3(C)CC(C)(CC(Cn4ncc(-c5ccc(N6CCCc7c6nnc(Nc6nc8ccccc8s6)c7C)nc5C(=O)O)c4C)(C3)C1)C2)C(=O)O)OCC. The summed E-state index contributed by atoms with van der Waals surface area (Å²) in [6.07, 6.45) is 10.2. The summed E-state index contributed by atoms with van der Waals surface area (Å²) < 4.78 is 40.2. The number of aromatic carboxylic acids is 1. The van der Waals surface area contributed by atoms with Gasteiger partial charge in [-0.2, -0.15) is 5.10 Å². The number of nitrogens with two attached hydrogens (primary N) is 1. The Morgan fingerprint density at radius 1 is 0.798 bits per heavy atom. The van der Waals surface area contributed by atoms with Crippen LogP contribution in [0.4, 0.5) is 33.1 Å². The van der Waals surface area contributed by atoms with Crippen molar-refractivity contribution in [2.24, 2.45) is 27.9 Å². The van der Waals surface area contributed by atoms with Gasteiger partial charge in [0.15, 0.2) is 22.5 Å². The van der Waals surface area contributed by atoms with Crippen molar-refractivity contribution >= 4 is 117 Å². The number of nitrogens with one attached hydrogen (secondary N) is 6. The van der Waals surface area contributed by atoms with Gasteiger partial charge in [-0.15, -0.1) is 10.2 Å². The highest BCUT2D eigenvalue weighted by Crippen LogP contribution is 2.72. The molecule has 0 radical (unpaired) electrons. The molecule has 12 rings (SSSR count). The van der Waals surface area contributed by atoms with E-state index < -0.39 is 103 Å². The molecular weight excluding hydrogens is 1570 g/mol. The molecule has 4 fully saturated rings. The van der Waals surface area contributed by atoms with Crippen LogP contribution in [0.25, 0.3) is 21.3 Å². The van der Waals surface area contributed by atoms with Crippen LogP contribution in [-0.4, -0.2) is 224 Å². The zero-order chi connectivity index (χ0) is 85.9. The topological polar surface area (TPSA) is 442 Å². The summed E-state index contributed by atoms with van der Waals surface area (Å²) in [5, 5.41) is 53.1. The standard InChI is InChI=1S/C83H112N17O17PS/c1-12-116-118(113,117-13-2)38-18-23-65(101)88-62(76(108)109)40-69(105)96(9)42-55-39-56(87-74(106)61(21-16-31-85-78(84)112)89-75(107)70(51(3)4)92-66(102)30-35-114-36-33-98-67(103)28-29-68(98)104)25-24-54(55)43-100(10,11)34-37-115-83-47-80(7)44-81(8,48-83)46-82(45-80,49-83)50-99-53(6)59(41-86-99)58-26-27-64(91-71(58)77(110)111)97-32-17-19-57-52(5)72(94-95-73(57)97)93-79-90-60-20-14-15-22-63(60)119-79/h14-15,20,22,24-29,39,41,51,61-62,70H,12-13,16-19,21,23,30-38,40,42-50H2,1-11H3,(H9-,84,85,87,88,89,90,92,93,94,101,102,106,107,108,109,110,111,112)/p+1/t61-,62-,70-,80?,81?,82?,83?/m0/s1. The molecule has 2 aromatic carbocycles. The second-order valence-corrected chi connectivity index (χ2v) is 37.2. The lowest BCUT2D eigenvalue weighted by Crippen LogP contribution is -2.64. The predicted octanol–water partition coefficient (Wildman–Crippen LogP) is 9.21. The lowest BCUT2D eigenvalue weighted by atomic mass is 9.39. The number of hydrogen-bond acceptors (Lipinski definition) is 23. The third kappa shape index (κ3) is 22.5. The Morgan fingerprint density at radius 2 is 1.51 bits per heavy atom. The zero-order valence-electron chi connectivity index (χ0n) is 69.8. The van der Waals surface area contributed by atoms with E-state index in [1.165, 1.54) is 23.3 Å². The Bertz CT molecular complexity index is 4820. The monoisotopic (exact) mass is 1680 g/mol. The Kier molecular flexibility index (Phi) is 28.7. The van der Waals surface area contributed by atoms with Gasteiger partial charge in [0.25, 0.3) is 11.8 Å². The number of amides is 9. The van der Waals surface area contributed by atoms with Gasteiger partial charge in [-0.1, -0.05) is 57.2 Å². The number of carbonyl (C=O) groups is 10. The zero-order valence-corrected chi connectivity index (χ0v) is 71.5. The van der Waals surface area contributed by atoms with E-state index >= 15 is 0 Å². The highest BCUT2D eigenvalue weighted by molar-refractivity contribution is 7.53. The molecule has 4 saturated carbocycles. The van der Waals surface area contributed by atoms with Crippen LogP contribution in [0.15, 0.2) is 72.9 Å². The fourth-order valence-corrected chi connectivity index (χ4v) is 21.1. The Balaban J connectivity index is 0.782. The number of thiazole rings is 1. The van der Waals surface area contributed by atoms with Gasteiger partial charge in [0.05, 0.1) is 88.3 Å². The van der Waals surface area contributed by atoms with Crippen LogP contribution in [-0.2, 0) is 87.5 Å². The Hall–Kier alpha value is -10.2. The molecule has 10 N–H and O–H groups in total. The number of hydrogen-bond donors (Lipinski definition) is 9. The first-order valence-electron chi connectivity index (χ1n) is 40.7. The first kappa shape index (κ1) is 89.6. The minimum atomic E-state index is -3.50. The maximum atomic E-state index is 14.6. The number of pyridine rings is 1. The second-order valence-electron chi connectivity index (χ2n) is 34.0. The molecule has 6 heterocycles. The Labute approximate surface area is 696 Å². The maximum Gasteiger partial charge on any atom is 0.355 e. The number of rotatable bonds is 43. The molecule has 5 atom stereocenters. The van der Waals surface area contributed by atoms with Gasteiger partial charge in [-0.3, -0.25) is 47.7 Å². The van der Waals surface area contributed by atoms with Crippen LogP contribution in [0.1, 0.15) is 163 Å². The largest absolute Gasteiger partial charge is 0.480 e. The molecular formula is C83H113N17O17PS+. The normalized spacial score (nSPS) is 20.1. The maximum absolute atomic E-state index is 14.6. The molecule has 6 aromatic rings. The lowest BCUT2D eigenvalue weighted by Gasteiger charge is -2.69. The molecule has 34 nitrogen and oxygen atoms in total. The first-order valence-corrected chi connectivity index (χ1v) is 43.3. The number of anilines is 5. The first-order chi connectivity index (χ1) is 56.4. The number of primary amides is 1. The summed E-state index contributed by atoms with van der Waals surface area (Å²) in [5.41, 5.74) is 10.8. The molecule has 119 heavy (non-hydrogen) atoms. The van der Waals surface area contributed by atoms with Crippen molar-refractivity contribution in [1.82, 2.24) is 61.0 Å². The van der Waals surface area contributed by atoms with Crippen molar-refractivity contribution in [3.63, 3.8) is 0 Å². The molecule has 4 bridgehead atoms. The second kappa shape index (κ2) is 38.1. The van der Waals surface area contributed by atoms with Gasteiger partial charge < -0.3 is 80.7 Å². The highest BCUT2D eigenvalue weighted by Gasteiger charge is 2.66. The highest BCUT2D eigenvalue weighted by atomic mass is 32.1. The number of ether oxygens (including phenoxy) is 2. The van der Waals surface area contributed by atoms with Crippen molar-refractivity contribution in [3.05, 3.63) is 107 Å². The number of carboxylic acids is 2. The van der Waals surface area contributed by atoms with Gasteiger partial charge in [0, 0.05) is 97.4 Å². The van der Waals surface area contributed by atoms with E-state index in [1.807, 2.05) is 65.9 Å². The minimum Gasteiger partial charge on any atom is -0.480 e. The van der Waals surface area contributed by atoms with Gasteiger partial charge in [-0.25, -0.2) is 24.4 Å².